The Morgan fingerprint density at radius 1 is 1.07 bits per heavy atom. The highest BCUT2D eigenvalue weighted by Gasteiger charge is 2.67. The Morgan fingerprint density at radius 3 is 2.17 bits per heavy atom. The summed E-state index contributed by atoms with van der Waals surface area (Å²) in [7, 11) is 0. The van der Waals surface area contributed by atoms with Crippen molar-refractivity contribution >= 4 is 29.4 Å². The largest absolute Gasteiger partial charge is 0.462 e. The van der Waals surface area contributed by atoms with E-state index >= 15 is 0 Å². The quantitative estimate of drug-likeness (QED) is 0.458. The Labute approximate surface area is 174 Å². The SMILES string of the molecule is CCOC(=O)c1ccc(NC(=O)[C@H](C)N2C(=O)[C@@H]3[C@H]4C=C[C@@H]([C@@H]5C[C@@H]45)[C@H]3C2=O)cc1. The molecule has 0 aromatic heterocycles. The topological polar surface area (TPSA) is 92.8 Å². The van der Waals surface area contributed by atoms with Gasteiger partial charge in [0.2, 0.25) is 17.7 Å². The molecule has 0 unspecified atom stereocenters. The van der Waals surface area contributed by atoms with E-state index in [0.29, 0.717) is 23.1 Å². The molecule has 2 bridgehead atoms. The highest BCUT2D eigenvalue weighted by Crippen LogP contribution is 2.65. The lowest BCUT2D eigenvalue weighted by Crippen LogP contribution is -2.46. The molecular weight excluding hydrogens is 384 g/mol. The standard InChI is InChI=1S/C23H24N2O5/c1-3-30-23(29)12-4-6-13(7-5-12)24-20(26)11(2)25-21(27)18-14-8-9-15(17-10-16(14)17)19(18)22(25)28/h4-9,11,14-19H,3,10H2,1-2H3,(H,24,26)/t11-,14-,15-,16-,17-,18+,19+/m0/s1. The van der Waals surface area contributed by atoms with Gasteiger partial charge in [-0.2, -0.15) is 0 Å². The van der Waals surface area contributed by atoms with Crippen LogP contribution in [0.25, 0.3) is 0 Å². The third-order valence-electron chi connectivity index (χ3n) is 7.13. The Hall–Kier alpha value is -2.96. The Morgan fingerprint density at radius 2 is 1.63 bits per heavy atom. The zero-order chi connectivity index (χ0) is 21.2. The molecule has 0 radical (unpaired) electrons. The average Bonchev–Trinajstić information content (AvgIpc) is 3.52. The molecule has 3 fully saturated rings. The lowest BCUT2D eigenvalue weighted by molar-refractivity contribution is -0.146. The van der Waals surface area contributed by atoms with E-state index in [4.69, 9.17) is 4.74 Å². The Balaban J connectivity index is 1.29. The van der Waals surface area contributed by atoms with Crippen LogP contribution in [0.1, 0.15) is 30.6 Å². The van der Waals surface area contributed by atoms with Gasteiger partial charge in [0.05, 0.1) is 24.0 Å². The molecule has 3 amide bonds. The molecule has 1 N–H and O–H groups in total. The fourth-order valence-corrected chi connectivity index (χ4v) is 5.63. The Kier molecular flexibility index (Phi) is 4.31. The van der Waals surface area contributed by atoms with Crippen molar-refractivity contribution in [1.82, 2.24) is 4.90 Å². The minimum absolute atomic E-state index is 0.136. The first kappa shape index (κ1) is 19.0. The number of amides is 3. The third kappa shape index (κ3) is 2.71. The average molecular weight is 408 g/mol. The summed E-state index contributed by atoms with van der Waals surface area (Å²) in [5.74, 6) is -0.574. The molecule has 2 saturated carbocycles. The number of imide groups is 1. The number of anilines is 1. The number of hydrogen-bond acceptors (Lipinski definition) is 5. The second-order valence-electron chi connectivity index (χ2n) is 8.66. The van der Waals surface area contributed by atoms with E-state index in [2.05, 4.69) is 17.5 Å². The fourth-order valence-electron chi connectivity index (χ4n) is 5.63. The molecule has 1 aliphatic heterocycles. The first-order chi connectivity index (χ1) is 14.4. The van der Waals surface area contributed by atoms with E-state index in [-0.39, 0.29) is 42.1 Å². The molecule has 7 heteroatoms. The number of allylic oxidation sites excluding steroid dienone is 2. The summed E-state index contributed by atoms with van der Waals surface area (Å²) < 4.78 is 4.94. The number of likely N-dealkylation sites (tertiary alicyclic amines) is 1. The number of nitrogens with one attached hydrogen (secondary N) is 1. The van der Waals surface area contributed by atoms with E-state index < -0.39 is 17.9 Å². The molecular formula is C23H24N2O5. The van der Waals surface area contributed by atoms with Crippen molar-refractivity contribution in [2.45, 2.75) is 26.3 Å². The van der Waals surface area contributed by atoms with Gasteiger partial charge in [-0.15, -0.1) is 0 Å². The van der Waals surface area contributed by atoms with Crippen molar-refractivity contribution in [2.75, 3.05) is 11.9 Å². The molecule has 6 rings (SSSR count). The fraction of sp³-hybridized carbons (Fsp3) is 0.478. The Bertz CT molecular complexity index is 932. The van der Waals surface area contributed by atoms with Crippen LogP contribution in [0.2, 0.25) is 0 Å². The van der Waals surface area contributed by atoms with E-state index in [1.807, 2.05) is 0 Å². The molecule has 4 aliphatic carbocycles. The van der Waals surface area contributed by atoms with Gasteiger partial charge in [0.15, 0.2) is 0 Å². The van der Waals surface area contributed by atoms with Crippen LogP contribution in [0.3, 0.4) is 0 Å². The van der Waals surface area contributed by atoms with Crippen molar-refractivity contribution in [3.63, 3.8) is 0 Å². The molecule has 30 heavy (non-hydrogen) atoms. The first-order valence-corrected chi connectivity index (χ1v) is 10.6. The number of benzene rings is 1. The molecule has 1 saturated heterocycles. The van der Waals surface area contributed by atoms with Gasteiger partial charge < -0.3 is 10.1 Å². The van der Waals surface area contributed by atoms with E-state index in [1.54, 1.807) is 38.1 Å². The van der Waals surface area contributed by atoms with Gasteiger partial charge in [0, 0.05) is 5.69 Å². The lowest BCUT2D eigenvalue weighted by atomic mass is 9.63. The number of esters is 1. The van der Waals surface area contributed by atoms with Crippen molar-refractivity contribution in [3.05, 3.63) is 42.0 Å². The van der Waals surface area contributed by atoms with Crippen LogP contribution >= 0.6 is 0 Å². The first-order valence-electron chi connectivity index (χ1n) is 10.6. The van der Waals surface area contributed by atoms with E-state index in [9.17, 15) is 19.2 Å². The van der Waals surface area contributed by atoms with Crippen LogP contribution in [0, 0.1) is 35.5 Å². The summed E-state index contributed by atoms with van der Waals surface area (Å²) in [5.41, 5.74) is 0.873. The van der Waals surface area contributed by atoms with Gasteiger partial charge in [-0.05, 0) is 68.2 Å². The maximum absolute atomic E-state index is 13.1. The second-order valence-corrected chi connectivity index (χ2v) is 8.66. The van der Waals surface area contributed by atoms with Gasteiger partial charge in [0.25, 0.3) is 0 Å². The van der Waals surface area contributed by atoms with Crippen molar-refractivity contribution in [3.8, 4) is 0 Å². The number of carbonyl (C=O) groups is 4. The summed E-state index contributed by atoms with van der Waals surface area (Å²) in [5, 5.41) is 2.74. The van der Waals surface area contributed by atoms with Gasteiger partial charge in [-0.3, -0.25) is 19.3 Å². The molecule has 1 heterocycles. The summed E-state index contributed by atoms with van der Waals surface area (Å²) >= 11 is 0. The van der Waals surface area contributed by atoms with Crippen LogP contribution in [0.5, 0.6) is 0 Å². The maximum Gasteiger partial charge on any atom is 0.338 e. The van der Waals surface area contributed by atoms with Crippen LogP contribution in [0.15, 0.2) is 36.4 Å². The highest BCUT2D eigenvalue weighted by atomic mass is 16.5. The van der Waals surface area contributed by atoms with Gasteiger partial charge >= 0.3 is 5.97 Å². The van der Waals surface area contributed by atoms with Gasteiger partial charge in [-0.25, -0.2) is 4.79 Å². The smallest absolute Gasteiger partial charge is 0.338 e. The molecule has 156 valence electrons. The minimum Gasteiger partial charge on any atom is -0.462 e. The molecule has 7 nitrogen and oxygen atoms in total. The normalized spacial score (nSPS) is 33.7. The van der Waals surface area contributed by atoms with Crippen LogP contribution in [0.4, 0.5) is 5.69 Å². The molecule has 1 aromatic carbocycles. The number of rotatable bonds is 5. The summed E-state index contributed by atoms with van der Waals surface area (Å²) in [6.45, 7) is 3.61. The zero-order valence-corrected chi connectivity index (χ0v) is 16.9. The number of ether oxygens (including phenoxy) is 1. The van der Waals surface area contributed by atoms with E-state index in [1.165, 1.54) is 4.90 Å². The van der Waals surface area contributed by atoms with Crippen LogP contribution in [-0.2, 0) is 19.1 Å². The highest BCUT2D eigenvalue weighted by molar-refractivity contribution is 6.10. The molecule has 1 aromatic rings. The lowest BCUT2D eigenvalue weighted by Gasteiger charge is -2.37. The van der Waals surface area contributed by atoms with Gasteiger partial charge in [0.1, 0.15) is 6.04 Å². The summed E-state index contributed by atoms with van der Waals surface area (Å²) in [6, 6.07) is 5.43. The monoisotopic (exact) mass is 408 g/mol. The van der Waals surface area contributed by atoms with Crippen molar-refractivity contribution in [1.29, 1.82) is 0 Å². The van der Waals surface area contributed by atoms with Crippen LogP contribution in [-0.4, -0.2) is 41.2 Å². The number of hydrogen-bond donors (Lipinski definition) is 1. The van der Waals surface area contributed by atoms with E-state index in [0.717, 1.165) is 6.42 Å². The minimum atomic E-state index is -0.893. The van der Waals surface area contributed by atoms with Crippen molar-refractivity contribution < 1.29 is 23.9 Å². The number of carbonyl (C=O) groups excluding carboxylic acids is 4. The zero-order valence-electron chi connectivity index (χ0n) is 16.9. The van der Waals surface area contributed by atoms with Crippen LogP contribution < -0.4 is 5.32 Å². The molecule has 5 aliphatic rings. The van der Waals surface area contributed by atoms with Crippen molar-refractivity contribution in [2.24, 2.45) is 35.5 Å². The molecule has 7 atom stereocenters. The summed E-state index contributed by atoms with van der Waals surface area (Å²) in [6.07, 6.45) is 5.34. The predicted octanol–water partition coefficient (Wildman–Crippen LogP) is 2.24. The third-order valence-corrected chi connectivity index (χ3v) is 7.13. The maximum atomic E-state index is 13.1. The second kappa shape index (κ2) is 6.79. The molecule has 0 spiro atoms. The van der Waals surface area contributed by atoms with Gasteiger partial charge in [-0.1, -0.05) is 12.2 Å². The predicted molar refractivity (Wildman–Crippen MR) is 107 cm³/mol. The number of nitrogens with zero attached hydrogens (tertiary/aromatic N) is 1. The summed E-state index contributed by atoms with van der Waals surface area (Å²) in [4.78, 5) is 52.0.